The quantitative estimate of drug-likeness (QED) is 0.748. The van der Waals surface area contributed by atoms with Crippen molar-refractivity contribution in [2.24, 2.45) is 0 Å². The zero-order valence-corrected chi connectivity index (χ0v) is 13.0. The first kappa shape index (κ1) is 14.0. The fraction of sp³-hybridized carbons (Fsp3) is 0.438. The number of benzene rings is 1. The van der Waals surface area contributed by atoms with Crippen molar-refractivity contribution in [2.75, 3.05) is 11.9 Å². The number of hydrogen-bond acceptors (Lipinski definition) is 3. The lowest BCUT2D eigenvalue weighted by Crippen LogP contribution is -2.45. The van der Waals surface area contributed by atoms with Crippen LogP contribution in [0.2, 0.25) is 0 Å². The number of carbonyl (C=O) groups is 1. The van der Waals surface area contributed by atoms with Gasteiger partial charge in [-0.15, -0.1) is 0 Å². The van der Waals surface area contributed by atoms with Crippen molar-refractivity contribution in [3.63, 3.8) is 0 Å². The first-order valence-corrected chi connectivity index (χ1v) is 7.55. The van der Waals surface area contributed by atoms with Crippen LogP contribution in [0.15, 0.2) is 18.2 Å². The highest BCUT2D eigenvalue weighted by molar-refractivity contribution is 7.80. The average Bonchev–Trinajstić information content (AvgIpc) is 3.02. The van der Waals surface area contributed by atoms with Crippen LogP contribution in [-0.2, 0) is 4.79 Å². The fourth-order valence-corrected chi connectivity index (χ4v) is 3.78. The maximum absolute atomic E-state index is 12.9. The van der Waals surface area contributed by atoms with Crippen LogP contribution in [-0.4, -0.2) is 28.5 Å². The molecule has 1 heterocycles. The summed E-state index contributed by atoms with van der Waals surface area (Å²) in [5.41, 5.74) is 1.80. The molecule has 0 bridgehead atoms. The van der Waals surface area contributed by atoms with Crippen molar-refractivity contribution in [3.8, 4) is 6.07 Å². The Kier molecular flexibility index (Phi) is 3.22. The first-order valence-electron chi connectivity index (χ1n) is 7.14. The monoisotopic (exact) mass is 299 g/mol. The third kappa shape index (κ3) is 1.86. The number of anilines is 1. The van der Waals surface area contributed by atoms with Gasteiger partial charge in [0.25, 0.3) is 5.91 Å². The van der Waals surface area contributed by atoms with Crippen LogP contribution in [0.3, 0.4) is 0 Å². The molecule has 2 aliphatic rings. The van der Waals surface area contributed by atoms with Crippen molar-refractivity contribution in [2.45, 2.75) is 38.1 Å². The van der Waals surface area contributed by atoms with Crippen molar-refractivity contribution in [1.82, 2.24) is 4.90 Å². The molecule has 0 N–H and O–H groups in total. The average molecular weight is 299 g/mol. The van der Waals surface area contributed by atoms with Gasteiger partial charge in [-0.05, 0) is 55.7 Å². The molecule has 4 nitrogen and oxygen atoms in total. The smallest absolute Gasteiger partial charge is 0.259 e. The molecule has 0 aromatic heterocycles. The molecular formula is C16H17N3OS. The predicted molar refractivity (Wildman–Crippen MR) is 84.9 cm³/mol. The molecule has 1 spiro atoms. The highest BCUT2D eigenvalue weighted by atomic mass is 32.1. The maximum Gasteiger partial charge on any atom is 0.259 e. The largest absolute Gasteiger partial charge is 0.337 e. The van der Waals surface area contributed by atoms with Gasteiger partial charge < -0.3 is 4.90 Å². The highest BCUT2D eigenvalue weighted by Crippen LogP contribution is 2.42. The number of nitriles is 1. The summed E-state index contributed by atoms with van der Waals surface area (Å²) in [4.78, 5) is 16.5. The number of nitrogens with zero attached hydrogens (tertiary/aromatic N) is 3. The van der Waals surface area contributed by atoms with Crippen LogP contribution in [0, 0.1) is 18.3 Å². The van der Waals surface area contributed by atoms with Gasteiger partial charge in [-0.2, -0.15) is 5.26 Å². The van der Waals surface area contributed by atoms with Gasteiger partial charge in [0, 0.05) is 7.05 Å². The first-order chi connectivity index (χ1) is 10.0. The molecule has 0 unspecified atom stereocenters. The maximum atomic E-state index is 12.9. The predicted octanol–water partition coefficient (Wildman–Crippen LogP) is 2.74. The minimum Gasteiger partial charge on any atom is -0.337 e. The minimum absolute atomic E-state index is 0.0802. The van der Waals surface area contributed by atoms with E-state index in [1.165, 1.54) is 0 Å². The van der Waals surface area contributed by atoms with Crippen LogP contribution < -0.4 is 4.90 Å². The molecule has 5 heteroatoms. The van der Waals surface area contributed by atoms with E-state index in [0.717, 1.165) is 36.9 Å². The van der Waals surface area contributed by atoms with E-state index in [2.05, 4.69) is 6.07 Å². The molecule has 108 valence electrons. The summed E-state index contributed by atoms with van der Waals surface area (Å²) in [6.07, 6.45) is 3.88. The Labute approximate surface area is 130 Å². The SMILES string of the molecule is Cc1cc(N2C(=O)C3(CCCC3)N(C)C2=S)ccc1C#N. The van der Waals surface area contributed by atoms with Crippen LogP contribution >= 0.6 is 12.2 Å². The molecule has 3 rings (SSSR count). The Morgan fingerprint density at radius 1 is 1.33 bits per heavy atom. The molecule has 1 saturated heterocycles. The lowest BCUT2D eigenvalue weighted by atomic mass is 9.96. The summed E-state index contributed by atoms with van der Waals surface area (Å²) >= 11 is 5.50. The zero-order chi connectivity index (χ0) is 15.2. The van der Waals surface area contributed by atoms with Crippen LogP contribution in [0.1, 0.15) is 36.8 Å². The topological polar surface area (TPSA) is 47.3 Å². The van der Waals surface area contributed by atoms with Gasteiger partial charge in [-0.3, -0.25) is 9.69 Å². The molecule has 0 radical (unpaired) electrons. The number of likely N-dealkylation sites (N-methyl/N-ethyl adjacent to an activating group) is 1. The molecule has 1 aromatic rings. The van der Waals surface area contributed by atoms with Crippen molar-refractivity contribution in [3.05, 3.63) is 29.3 Å². The van der Waals surface area contributed by atoms with Gasteiger partial charge in [0.1, 0.15) is 5.54 Å². The number of thiocarbonyl (C=S) groups is 1. The van der Waals surface area contributed by atoms with E-state index in [0.29, 0.717) is 10.7 Å². The number of aryl methyl sites for hydroxylation is 1. The second-order valence-electron chi connectivity index (χ2n) is 5.83. The van der Waals surface area contributed by atoms with Crippen molar-refractivity contribution < 1.29 is 4.79 Å². The number of carbonyl (C=O) groups excluding carboxylic acids is 1. The van der Waals surface area contributed by atoms with E-state index < -0.39 is 5.54 Å². The second kappa shape index (κ2) is 4.81. The Balaban J connectivity index is 2.03. The third-order valence-corrected chi connectivity index (χ3v) is 5.20. The Morgan fingerprint density at radius 3 is 2.57 bits per heavy atom. The number of amides is 1. The molecule has 1 aliphatic heterocycles. The highest BCUT2D eigenvalue weighted by Gasteiger charge is 2.55. The number of hydrogen-bond donors (Lipinski definition) is 0. The Hall–Kier alpha value is -1.93. The summed E-state index contributed by atoms with van der Waals surface area (Å²) in [6.45, 7) is 1.88. The van der Waals surface area contributed by atoms with E-state index >= 15 is 0 Å². The summed E-state index contributed by atoms with van der Waals surface area (Å²) in [5, 5.41) is 9.58. The molecule has 1 amide bonds. The van der Waals surface area contributed by atoms with E-state index in [1.807, 2.05) is 24.9 Å². The standard InChI is InChI=1S/C16H17N3OS/c1-11-9-13(6-5-12(11)10-17)19-14(20)16(7-3-4-8-16)18(2)15(19)21/h5-6,9H,3-4,7-8H2,1-2H3. The Morgan fingerprint density at radius 2 is 2.00 bits per heavy atom. The van der Waals surface area contributed by atoms with Crippen LogP contribution in [0.4, 0.5) is 5.69 Å². The van der Waals surface area contributed by atoms with E-state index in [4.69, 9.17) is 17.5 Å². The molecule has 1 saturated carbocycles. The van der Waals surface area contributed by atoms with Crippen molar-refractivity contribution in [1.29, 1.82) is 5.26 Å². The van der Waals surface area contributed by atoms with E-state index in [1.54, 1.807) is 17.0 Å². The van der Waals surface area contributed by atoms with Gasteiger partial charge in [0.05, 0.1) is 17.3 Å². The van der Waals surface area contributed by atoms with E-state index in [-0.39, 0.29) is 5.91 Å². The molecule has 21 heavy (non-hydrogen) atoms. The molecule has 1 aromatic carbocycles. The van der Waals surface area contributed by atoms with Crippen LogP contribution in [0.5, 0.6) is 0 Å². The van der Waals surface area contributed by atoms with Gasteiger partial charge >= 0.3 is 0 Å². The van der Waals surface area contributed by atoms with Crippen LogP contribution in [0.25, 0.3) is 0 Å². The normalized spacial score (nSPS) is 20.4. The molecular weight excluding hydrogens is 282 g/mol. The molecule has 2 fully saturated rings. The minimum atomic E-state index is -0.446. The number of rotatable bonds is 1. The van der Waals surface area contributed by atoms with Gasteiger partial charge in [-0.1, -0.05) is 12.8 Å². The molecule has 1 aliphatic carbocycles. The zero-order valence-electron chi connectivity index (χ0n) is 12.2. The summed E-state index contributed by atoms with van der Waals surface area (Å²) in [6, 6.07) is 7.57. The second-order valence-corrected chi connectivity index (χ2v) is 6.20. The van der Waals surface area contributed by atoms with Crippen molar-refractivity contribution >= 4 is 28.9 Å². The van der Waals surface area contributed by atoms with Gasteiger partial charge in [-0.25, -0.2) is 0 Å². The summed E-state index contributed by atoms with van der Waals surface area (Å²) < 4.78 is 0. The summed E-state index contributed by atoms with van der Waals surface area (Å²) in [5.74, 6) is 0.0802. The molecule has 0 atom stereocenters. The lowest BCUT2D eigenvalue weighted by Gasteiger charge is -2.28. The summed E-state index contributed by atoms with van der Waals surface area (Å²) in [7, 11) is 1.92. The third-order valence-electron chi connectivity index (χ3n) is 4.74. The van der Waals surface area contributed by atoms with Gasteiger partial charge in [0.15, 0.2) is 5.11 Å². The fourth-order valence-electron chi connectivity index (χ4n) is 3.42. The van der Waals surface area contributed by atoms with Gasteiger partial charge in [0.2, 0.25) is 0 Å². The lowest BCUT2D eigenvalue weighted by molar-refractivity contribution is -0.124. The van der Waals surface area contributed by atoms with E-state index in [9.17, 15) is 4.79 Å². The Bertz CT molecular complexity index is 671.